The zero-order chi connectivity index (χ0) is 15.8. The summed E-state index contributed by atoms with van der Waals surface area (Å²) in [5.41, 5.74) is 9.15. The van der Waals surface area contributed by atoms with Crippen LogP contribution in [0.3, 0.4) is 0 Å². The Bertz CT molecular complexity index is 553. The monoisotopic (exact) mass is 305 g/mol. The molecule has 1 heterocycles. The number of thiol groups is 1. The van der Waals surface area contributed by atoms with Gasteiger partial charge in [0.25, 0.3) is 0 Å². The van der Waals surface area contributed by atoms with Gasteiger partial charge in [-0.1, -0.05) is 18.2 Å². The van der Waals surface area contributed by atoms with Crippen molar-refractivity contribution < 1.29 is 9.31 Å². The molecule has 0 unspecified atom stereocenters. The van der Waals surface area contributed by atoms with Crippen LogP contribution in [0, 0.1) is 6.92 Å². The van der Waals surface area contributed by atoms with E-state index in [0.717, 1.165) is 22.3 Å². The van der Waals surface area contributed by atoms with E-state index in [1.54, 1.807) is 0 Å². The maximum Gasteiger partial charge on any atom is 0.491 e. The molecule has 0 atom stereocenters. The molecule has 3 nitrogen and oxygen atoms in total. The second kappa shape index (κ2) is 5.71. The largest absolute Gasteiger partial charge is 0.491 e. The summed E-state index contributed by atoms with van der Waals surface area (Å²) in [7, 11) is -0.356. The van der Waals surface area contributed by atoms with Gasteiger partial charge in [0.15, 0.2) is 0 Å². The van der Waals surface area contributed by atoms with Crippen molar-refractivity contribution in [3.63, 3.8) is 0 Å². The molecule has 0 saturated carbocycles. The van der Waals surface area contributed by atoms with Gasteiger partial charge in [0.1, 0.15) is 0 Å². The summed E-state index contributed by atoms with van der Waals surface area (Å²) in [4.78, 5) is 0. The van der Waals surface area contributed by atoms with Crippen molar-refractivity contribution in [1.82, 2.24) is 0 Å². The molecule has 1 aliphatic heterocycles. The Morgan fingerprint density at radius 1 is 1.24 bits per heavy atom. The first-order valence-electron chi connectivity index (χ1n) is 7.19. The normalized spacial score (nSPS) is 20.9. The van der Waals surface area contributed by atoms with Crippen molar-refractivity contribution in [3.05, 3.63) is 34.8 Å². The van der Waals surface area contributed by atoms with Crippen LogP contribution in [0.25, 0.3) is 6.08 Å². The number of benzene rings is 1. The lowest BCUT2D eigenvalue weighted by molar-refractivity contribution is 0.00578. The molecule has 1 aromatic carbocycles. The van der Waals surface area contributed by atoms with Gasteiger partial charge in [0, 0.05) is 11.4 Å². The van der Waals surface area contributed by atoms with E-state index in [-0.39, 0.29) is 18.3 Å². The highest BCUT2D eigenvalue weighted by Gasteiger charge is 2.52. The molecule has 2 N–H and O–H groups in total. The first kappa shape index (κ1) is 16.5. The molecule has 0 aromatic heterocycles. The summed E-state index contributed by atoms with van der Waals surface area (Å²) in [5.74, 6) is 0.584. The lowest BCUT2D eigenvalue weighted by Crippen LogP contribution is -2.41. The van der Waals surface area contributed by atoms with E-state index in [9.17, 15) is 0 Å². The third-order valence-electron chi connectivity index (χ3n) is 4.38. The van der Waals surface area contributed by atoms with Gasteiger partial charge in [-0.25, -0.2) is 0 Å². The van der Waals surface area contributed by atoms with Crippen LogP contribution >= 0.6 is 12.6 Å². The van der Waals surface area contributed by atoms with E-state index in [1.165, 1.54) is 0 Å². The second-order valence-corrected chi connectivity index (χ2v) is 6.90. The van der Waals surface area contributed by atoms with Gasteiger partial charge < -0.3 is 15.0 Å². The molecule has 0 bridgehead atoms. The highest BCUT2D eigenvalue weighted by molar-refractivity contribution is 7.80. The molecule has 21 heavy (non-hydrogen) atoms. The van der Waals surface area contributed by atoms with Crippen LogP contribution in [0.2, 0.25) is 0 Å². The van der Waals surface area contributed by atoms with Crippen LogP contribution in [-0.2, 0) is 9.31 Å². The minimum Gasteiger partial charge on any atom is -0.400 e. The predicted molar refractivity (Wildman–Crippen MR) is 93.5 cm³/mol. The molecule has 0 aliphatic carbocycles. The number of nitrogens with two attached hydrogens (primary N) is 1. The highest BCUT2D eigenvalue weighted by Crippen LogP contribution is 2.39. The lowest BCUT2D eigenvalue weighted by Gasteiger charge is -2.32. The van der Waals surface area contributed by atoms with E-state index in [0.29, 0.717) is 5.75 Å². The zero-order valence-electron chi connectivity index (χ0n) is 13.4. The molecule has 5 heteroatoms. The third kappa shape index (κ3) is 3.30. The Kier molecular flexibility index (Phi) is 4.48. The van der Waals surface area contributed by atoms with Gasteiger partial charge in [0.2, 0.25) is 0 Å². The Balaban J connectivity index is 2.28. The van der Waals surface area contributed by atoms with Crippen molar-refractivity contribution in [2.75, 3.05) is 11.5 Å². The Morgan fingerprint density at radius 3 is 2.29 bits per heavy atom. The average molecular weight is 305 g/mol. The minimum absolute atomic E-state index is 0.337. The van der Waals surface area contributed by atoms with E-state index in [1.807, 2.05) is 19.1 Å². The topological polar surface area (TPSA) is 44.5 Å². The first-order chi connectivity index (χ1) is 9.66. The average Bonchev–Trinajstić information content (AvgIpc) is 2.59. The molecule has 1 fully saturated rings. The molecule has 0 amide bonds. The van der Waals surface area contributed by atoms with Crippen LogP contribution in [0.1, 0.15) is 38.8 Å². The summed E-state index contributed by atoms with van der Waals surface area (Å²) in [6.45, 7) is 10.2. The summed E-state index contributed by atoms with van der Waals surface area (Å²) < 4.78 is 12.2. The Hall–Kier alpha value is -0.905. The summed E-state index contributed by atoms with van der Waals surface area (Å²) >= 11 is 4.43. The number of nitrogen functional groups attached to an aromatic ring is 1. The zero-order valence-corrected chi connectivity index (χ0v) is 14.3. The molecule has 114 valence electrons. The number of hydrogen-bond donors (Lipinski definition) is 2. The maximum atomic E-state index is 6.08. The van der Waals surface area contributed by atoms with Gasteiger partial charge in [-0.2, -0.15) is 12.6 Å². The smallest absolute Gasteiger partial charge is 0.400 e. The lowest BCUT2D eigenvalue weighted by atomic mass is 9.78. The SMILES string of the molecule is Cc1cc(C=C(CS)B2OC(C)(C)C(C)(C)O2)ccc1N. The van der Waals surface area contributed by atoms with Crippen molar-refractivity contribution in [2.24, 2.45) is 0 Å². The van der Waals surface area contributed by atoms with E-state index < -0.39 is 0 Å². The molecule has 0 spiro atoms. The molecular weight excluding hydrogens is 281 g/mol. The van der Waals surface area contributed by atoms with Crippen LogP contribution in [0.5, 0.6) is 0 Å². The van der Waals surface area contributed by atoms with Crippen molar-refractivity contribution in [1.29, 1.82) is 0 Å². The quantitative estimate of drug-likeness (QED) is 0.510. The molecule has 2 rings (SSSR count). The molecule has 1 saturated heterocycles. The fourth-order valence-electron chi connectivity index (χ4n) is 2.19. The number of hydrogen-bond acceptors (Lipinski definition) is 4. The van der Waals surface area contributed by atoms with Crippen LogP contribution in [-0.4, -0.2) is 24.1 Å². The van der Waals surface area contributed by atoms with Gasteiger partial charge in [-0.15, -0.1) is 0 Å². The number of aryl methyl sites for hydroxylation is 1. The van der Waals surface area contributed by atoms with Crippen molar-refractivity contribution in [3.8, 4) is 0 Å². The molecule has 1 aliphatic rings. The maximum absolute atomic E-state index is 6.08. The highest BCUT2D eigenvalue weighted by atomic mass is 32.1. The predicted octanol–water partition coefficient (Wildman–Crippen LogP) is 3.52. The number of anilines is 1. The standard InChI is InChI=1S/C16H24BNO2S/c1-11-8-12(6-7-14(11)18)9-13(10-21)17-19-15(2,3)16(4,5)20-17/h6-9,21H,10,18H2,1-5H3. The summed E-state index contributed by atoms with van der Waals surface area (Å²) in [6, 6.07) is 5.97. The second-order valence-electron chi connectivity index (χ2n) is 6.58. The van der Waals surface area contributed by atoms with Crippen molar-refractivity contribution in [2.45, 2.75) is 45.8 Å². The minimum atomic E-state index is -0.356. The first-order valence-corrected chi connectivity index (χ1v) is 7.82. The van der Waals surface area contributed by atoms with Gasteiger partial charge in [0.05, 0.1) is 11.2 Å². The van der Waals surface area contributed by atoms with Crippen LogP contribution in [0.15, 0.2) is 23.7 Å². The summed E-state index contributed by atoms with van der Waals surface area (Å²) in [5, 5.41) is 0. The molecular formula is C16H24BNO2S. The van der Waals surface area contributed by atoms with Crippen LogP contribution < -0.4 is 5.73 Å². The van der Waals surface area contributed by atoms with Crippen molar-refractivity contribution >= 4 is 31.5 Å². The Labute approximate surface area is 133 Å². The van der Waals surface area contributed by atoms with Gasteiger partial charge >= 0.3 is 7.12 Å². The summed E-state index contributed by atoms with van der Waals surface area (Å²) in [6.07, 6.45) is 2.07. The van der Waals surface area contributed by atoms with E-state index in [4.69, 9.17) is 15.0 Å². The molecule has 0 radical (unpaired) electrons. The van der Waals surface area contributed by atoms with Crippen LogP contribution in [0.4, 0.5) is 5.69 Å². The van der Waals surface area contributed by atoms with E-state index >= 15 is 0 Å². The van der Waals surface area contributed by atoms with Gasteiger partial charge in [-0.3, -0.25) is 0 Å². The third-order valence-corrected chi connectivity index (χ3v) is 4.75. The van der Waals surface area contributed by atoms with E-state index in [2.05, 4.69) is 52.5 Å². The fraction of sp³-hybridized carbons (Fsp3) is 0.500. The molecule has 1 aromatic rings. The van der Waals surface area contributed by atoms with Gasteiger partial charge in [-0.05, 0) is 57.3 Å². The fourth-order valence-corrected chi connectivity index (χ4v) is 2.43. The Morgan fingerprint density at radius 2 is 1.81 bits per heavy atom. The number of rotatable bonds is 3.